The van der Waals surface area contributed by atoms with Gasteiger partial charge in [0.2, 0.25) is 5.91 Å². The van der Waals surface area contributed by atoms with Gasteiger partial charge in [0, 0.05) is 29.2 Å². The number of likely N-dealkylation sites (tertiary alicyclic amines) is 1. The summed E-state index contributed by atoms with van der Waals surface area (Å²) in [6.07, 6.45) is 4.21. The van der Waals surface area contributed by atoms with Crippen LogP contribution in [0.3, 0.4) is 0 Å². The normalized spacial score (nSPS) is 27.2. The van der Waals surface area contributed by atoms with Gasteiger partial charge in [-0.2, -0.15) is 0 Å². The quantitative estimate of drug-likeness (QED) is 0.661. The molecule has 2 aromatic rings. The number of aryl methyl sites for hydroxylation is 1. The number of carbonyl (C=O) groups excluding carboxylic acids is 2. The van der Waals surface area contributed by atoms with Gasteiger partial charge in [-0.25, -0.2) is 4.79 Å². The monoisotopic (exact) mass is 412 g/mol. The zero-order valence-corrected chi connectivity index (χ0v) is 18.8. The van der Waals surface area contributed by atoms with Crippen LogP contribution in [0.15, 0.2) is 18.2 Å². The van der Waals surface area contributed by atoms with E-state index in [1.165, 1.54) is 26.4 Å². The largest absolute Gasteiger partial charge is 0.464 e. The van der Waals surface area contributed by atoms with Crippen molar-refractivity contribution < 1.29 is 19.2 Å². The molecule has 1 aliphatic carbocycles. The van der Waals surface area contributed by atoms with Crippen LogP contribution in [0.5, 0.6) is 0 Å². The van der Waals surface area contributed by atoms with Crippen molar-refractivity contribution in [3.63, 3.8) is 0 Å². The van der Waals surface area contributed by atoms with E-state index in [1.807, 2.05) is 25.1 Å². The fraction of sp³-hybridized carbons (Fsp3) is 0.583. The van der Waals surface area contributed by atoms with Crippen molar-refractivity contribution in [1.82, 2.24) is 4.98 Å². The van der Waals surface area contributed by atoms with Crippen LogP contribution in [0.25, 0.3) is 10.9 Å². The van der Waals surface area contributed by atoms with Crippen LogP contribution in [0.4, 0.5) is 5.69 Å². The van der Waals surface area contributed by atoms with E-state index in [9.17, 15) is 9.59 Å². The second kappa shape index (κ2) is 7.41. The molecule has 3 atom stereocenters. The SMILES string of the molecule is COC(=O)c1[nH]c2ccc(C)cc2c1NC(=O)CC[NH+]1C[C@@]2(C)C[C@@H]1CC(C)(C)C2. The lowest BCUT2D eigenvalue weighted by molar-refractivity contribution is -0.913. The van der Waals surface area contributed by atoms with E-state index in [0.29, 0.717) is 34.7 Å². The molecular formula is C24H34N3O3+. The van der Waals surface area contributed by atoms with Crippen LogP contribution in [0, 0.1) is 17.8 Å². The van der Waals surface area contributed by atoms with Crippen LogP contribution < -0.4 is 10.2 Å². The maximum absolute atomic E-state index is 12.9. The number of hydrogen-bond donors (Lipinski definition) is 3. The molecule has 2 aliphatic rings. The van der Waals surface area contributed by atoms with Crippen molar-refractivity contribution in [2.24, 2.45) is 10.8 Å². The number of aromatic amines is 1. The number of hydrogen-bond acceptors (Lipinski definition) is 3. The Morgan fingerprint density at radius 2 is 2.03 bits per heavy atom. The molecule has 1 amide bonds. The maximum Gasteiger partial charge on any atom is 0.356 e. The molecule has 2 heterocycles. The Kier molecular flexibility index (Phi) is 5.17. The zero-order valence-electron chi connectivity index (χ0n) is 18.8. The smallest absolute Gasteiger partial charge is 0.356 e. The Morgan fingerprint density at radius 1 is 1.27 bits per heavy atom. The van der Waals surface area contributed by atoms with E-state index >= 15 is 0 Å². The Bertz CT molecular complexity index is 993. The molecule has 0 spiro atoms. The van der Waals surface area contributed by atoms with Gasteiger partial charge < -0.3 is 19.9 Å². The number of rotatable bonds is 5. The highest BCUT2D eigenvalue weighted by molar-refractivity contribution is 6.11. The number of benzene rings is 1. The molecule has 1 unspecified atom stereocenters. The first-order chi connectivity index (χ1) is 14.1. The Labute approximate surface area is 178 Å². The molecule has 6 heteroatoms. The summed E-state index contributed by atoms with van der Waals surface area (Å²) in [5.41, 5.74) is 3.48. The van der Waals surface area contributed by atoms with Crippen molar-refractivity contribution in [2.75, 3.05) is 25.5 Å². The van der Waals surface area contributed by atoms with Crippen molar-refractivity contribution in [2.45, 2.75) is 59.4 Å². The van der Waals surface area contributed by atoms with E-state index in [1.54, 1.807) is 4.90 Å². The first-order valence-corrected chi connectivity index (χ1v) is 10.9. The number of ether oxygens (including phenoxy) is 1. The summed E-state index contributed by atoms with van der Waals surface area (Å²) >= 11 is 0. The van der Waals surface area contributed by atoms with Gasteiger partial charge in [-0.3, -0.25) is 4.79 Å². The van der Waals surface area contributed by atoms with Crippen molar-refractivity contribution in [1.29, 1.82) is 0 Å². The fourth-order valence-corrected chi connectivity index (χ4v) is 6.21. The number of quaternary nitrogens is 1. The molecule has 0 radical (unpaired) electrons. The van der Waals surface area contributed by atoms with Crippen LogP contribution in [0.2, 0.25) is 0 Å². The minimum atomic E-state index is -0.478. The number of carbonyl (C=O) groups is 2. The summed E-state index contributed by atoms with van der Waals surface area (Å²) in [5.74, 6) is -0.533. The number of amides is 1. The minimum absolute atomic E-state index is 0.0547. The maximum atomic E-state index is 12.9. The molecule has 162 valence electrons. The summed E-state index contributed by atoms with van der Waals surface area (Å²) < 4.78 is 4.91. The predicted molar refractivity (Wildman–Crippen MR) is 118 cm³/mol. The summed E-state index contributed by atoms with van der Waals surface area (Å²) in [6, 6.07) is 6.52. The Balaban J connectivity index is 1.48. The number of aromatic nitrogens is 1. The summed E-state index contributed by atoms with van der Waals surface area (Å²) in [6.45, 7) is 11.1. The third-order valence-electron chi connectivity index (χ3n) is 6.96. The average Bonchev–Trinajstić information content (AvgIpc) is 3.12. The summed E-state index contributed by atoms with van der Waals surface area (Å²) in [4.78, 5) is 29.8. The minimum Gasteiger partial charge on any atom is -0.464 e. The zero-order chi connectivity index (χ0) is 21.7. The highest BCUT2D eigenvalue weighted by atomic mass is 16.5. The number of esters is 1. The Hall–Kier alpha value is -2.34. The lowest BCUT2D eigenvalue weighted by Crippen LogP contribution is -3.14. The van der Waals surface area contributed by atoms with Gasteiger partial charge in [0.05, 0.1) is 38.3 Å². The lowest BCUT2D eigenvalue weighted by Gasteiger charge is -2.37. The van der Waals surface area contributed by atoms with E-state index in [0.717, 1.165) is 29.6 Å². The average molecular weight is 413 g/mol. The topological polar surface area (TPSA) is 75.6 Å². The number of anilines is 1. The third-order valence-corrected chi connectivity index (χ3v) is 6.96. The van der Waals surface area contributed by atoms with Crippen molar-refractivity contribution in [3.05, 3.63) is 29.5 Å². The number of methoxy groups -OCH3 is 1. The molecule has 30 heavy (non-hydrogen) atoms. The molecule has 1 aliphatic heterocycles. The summed E-state index contributed by atoms with van der Waals surface area (Å²) in [5, 5.41) is 3.84. The third kappa shape index (κ3) is 3.97. The second-order valence-electron chi connectivity index (χ2n) is 10.6. The van der Waals surface area contributed by atoms with E-state index in [4.69, 9.17) is 4.74 Å². The molecule has 4 rings (SSSR count). The van der Waals surface area contributed by atoms with Crippen LogP contribution in [0.1, 0.15) is 62.5 Å². The number of fused-ring (bicyclic) bond motifs is 3. The van der Waals surface area contributed by atoms with Gasteiger partial charge in [0.15, 0.2) is 0 Å². The lowest BCUT2D eigenvalue weighted by atomic mass is 9.65. The van der Waals surface area contributed by atoms with Crippen molar-refractivity contribution in [3.8, 4) is 0 Å². The predicted octanol–water partition coefficient (Wildman–Crippen LogP) is 3.08. The number of H-pyrrole nitrogens is 1. The molecule has 2 bridgehead atoms. The van der Waals surface area contributed by atoms with Gasteiger partial charge in [0.25, 0.3) is 0 Å². The number of nitrogens with one attached hydrogen (secondary N) is 3. The van der Waals surface area contributed by atoms with E-state index in [-0.39, 0.29) is 5.91 Å². The van der Waals surface area contributed by atoms with Gasteiger partial charge in [-0.05, 0) is 30.9 Å². The molecule has 1 aromatic heterocycles. The van der Waals surface area contributed by atoms with Crippen LogP contribution in [-0.2, 0) is 9.53 Å². The highest BCUT2D eigenvalue weighted by Gasteiger charge is 2.52. The van der Waals surface area contributed by atoms with Crippen molar-refractivity contribution >= 4 is 28.5 Å². The molecule has 1 aromatic carbocycles. The van der Waals surface area contributed by atoms with E-state index < -0.39 is 5.97 Å². The molecule has 6 nitrogen and oxygen atoms in total. The van der Waals surface area contributed by atoms with Gasteiger partial charge in [0.1, 0.15) is 5.69 Å². The van der Waals surface area contributed by atoms with Gasteiger partial charge >= 0.3 is 5.97 Å². The van der Waals surface area contributed by atoms with Crippen LogP contribution in [-0.4, -0.2) is 43.1 Å². The molecule has 1 saturated carbocycles. The highest BCUT2D eigenvalue weighted by Crippen LogP contribution is 2.47. The molecular weight excluding hydrogens is 378 g/mol. The first kappa shape index (κ1) is 20.9. The molecule has 2 fully saturated rings. The standard InChI is InChI=1S/C24H33N3O3/c1-15-6-7-18-17(10-15)20(21(25-18)22(29)30-5)26-19(28)8-9-27-14-24(4)12-16(27)11-23(2,3)13-24/h6-7,10,16,25H,8-9,11-14H2,1-5H3,(H,26,28)/p+1/t16-,24-/m0/s1. The van der Waals surface area contributed by atoms with E-state index in [2.05, 4.69) is 31.1 Å². The first-order valence-electron chi connectivity index (χ1n) is 10.9. The Morgan fingerprint density at radius 3 is 2.77 bits per heavy atom. The fourth-order valence-electron chi connectivity index (χ4n) is 6.21. The van der Waals surface area contributed by atoms with Gasteiger partial charge in [-0.15, -0.1) is 0 Å². The second-order valence-corrected chi connectivity index (χ2v) is 10.6. The molecule has 3 N–H and O–H groups in total. The molecule has 1 saturated heterocycles. The van der Waals surface area contributed by atoms with Crippen LogP contribution >= 0.6 is 0 Å². The summed E-state index contributed by atoms with van der Waals surface area (Å²) in [7, 11) is 1.35. The van der Waals surface area contributed by atoms with Gasteiger partial charge in [-0.1, -0.05) is 32.4 Å².